The highest BCUT2D eigenvalue weighted by atomic mass is 16.5. The molecule has 2 aromatic rings. The molecule has 1 aliphatic rings. The lowest BCUT2D eigenvalue weighted by Gasteiger charge is -2.25. The number of hydrogen-bond donors (Lipinski definition) is 0. The lowest BCUT2D eigenvalue weighted by Crippen LogP contribution is -2.46. The van der Waals surface area contributed by atoms with Crippen LogP contribution >= 0.6 is 0 Å². The van der Waals surface area contributed by atoms with E-state index in [1.165, 1.54) is 20.4 Å². The Morgan fingerprint density at radius 3 is 2.22 bits per heavy atom. The molecule has 1 amide bonds. The van der Waals surface area contributed by atoms with Crippen molar-refractivity contribution in [1.82, 2.24) is 5.01 Å². The van der Waals surface area contributed by atoms with Gasteiger partial charge in [-0.3, -0.25) is 4.79 Å². The molecule has 0 heterocycles. The van der Waals surface area contributed by atoms with Crippen molar-refractivity contribution in [3.63, 3.8) is 0 Å². The van der Waals surface area contributed by atoms with Gasteiger partial charge in [0.2, 0.25) is 0 Å². The Balaban J connectivity index is 2.12. The second-order valence-corrected chi connectivity index (χ2v) is 8.40. The number of carbonyl (C=O) groups excluding carboxylic acids is 3. The molecule has 0 saturated heterocycles. The minimum Gasteiger partial charge on any atom is -0.497 e. The molecular formula is C28H31N3O6. The van der Waals surface area contributed by atoms with Gasteiger partial charge in [-0.15, -0.1) is 0 Å². The summed E-state index contributed by atoms with van der Waals surface area (Å²) in [6.07, 6.45) is 6.29. The zero-order valence-electron chi connectivity index (χ0n) is 21.3. The van der Waals surface area contributed by atoms with E-state index < -0.39 is 23.9 Å². The van der Waals surface area contributed by atoms with Gasteiger partial charge in [0.15, 0.2) is 6.04 Å². The fraction of sp³-hybridized carbons (Fsp3) is 0.357. The van der Waals surface area contributed by atoms with E-state index in [-0.39, 0.29) is 17.2 Å². The molecule has 1 atom stereocenters. The lowest BCUT2D eigenvalue weighted by atomic mass is 9.96. The predicted octanol–water partition coefficient (Wildman–Crippen LogP) is 3.81. The fourth-order valence-electron chi connectivity index (χ4n) is 3.92. The van der Waals surface area contributed by atoms with Gasteiger partial charge in [0.1, 0.15) is 11.3 Å². The standard InChI is InChI=1S/C28H31N3O6/c1-35-23-16-14-20(15-17-23)18-30-31(26(32)21-10-6-4-7-11-21)25(28(34)37-3)24(27(33)36-2)19-29-22-12-8-5-9-13-22/h4,6-7,10-11,14-18,22,25H,5,8-9,12-13H2,1-3H3/b30-18+. The Bertz CT molecular complexity index is 1160. The van der Waals surface area contributed by atoms with Crippen LogP contribution in [0.3, 0.4) is 0 Å². The van der Waals surface area contributed by atoms with Gasteiger partial charge in [-0.25, -0.2) is 19.6 Å². The van der Waals surface area contributed by atoms with Crippen LogP contribution in [0.4, 0.5) is 0 Å². The average Bonchev–Trinajstić information content (AvgIpc) is 2.96. The molecule has 9 heteroatoms. The molecule has 194 valence electrons. The number of benzene rings is 2. The maximum atomic E-state index is 13.6. The third-order valence-corrected chi connectivity index (χ3v) is 5.97. The number of ether oxygens (including phenoxy) is 3. The molecule has 0 aromatic heterocycles. The van der Waals surface area contributed by atoms with Crippen LogP contribution in [0.2, 0.25) is 0 Å². The topological polar surface area (TPSA) is 107 Å². The zero-order chi connectivity index (χ0) is 26.6. The van der Waals surface area contributed by atoms with Crippen LogP contribution in [0.25, 0.3) is 0 Å². The number of methoxy groups -OCH3 is 3. The van der Waals surface area contributed by atoms with E-state index in [0.717, 1.165) is 37.1 Å². The molecule has 0 N–H and O–H groups in total. The molecule has 0 aliphatic heterocycles. The Morgan fingerprint density at radius 1 is 0.946 bits per heavy atom. The molecule has 0 spiro atoms. The van der Waals surface area contributed by atoms with Crippen LogP contribution in [0.5, 0.6) is 5.75 Å². The fourth-order valence-corrected chi connectivity index (χ4v) is 3.92. The molecule has 9 nitrogen and oxygen atoms in total. The van der Waals surface area contributed by atoms with Crippen molar-refractivity contribution in [2.24, 2.45) is 10.1 Å². The third kappa shape index (κ3) is 7.38. The summed E-state index contributed by atoms with van der Waals surface area (Å²) in [5.74, 6) is 1.02. The van der Waals surface area contributed by atoms with E-state index in [9.17, 15) is 14.4 Å². The molecule has 0 bridgehead atoms. The Hall–Kier alpha value is -4.23. The van der Waals surface area contributed by atoms with Crippen LogP contribution in [-0.2, 0) is 19.1 Å². The summed E-state index contributed by atoms with van der Waals surface area (Å²) in [5, 5.41) is 5.24. The van der Waals surface area contributed by atoms with Crippen LogP contribution in [0.1, 0.15) is 48.0 Å². The number of carbonyl (C=O) groups is 3. The SMILES string of the molecule is COC(=O)C(=C=NC1CCCCC1)C(C(=O)OC)N(/N=C/c1ccc(OC)cc1)C(=O)c1ccccc1. The summed E-state index contributed by atoms with van der Waals surface area (Å²) < 4.78 is 15.1. The third-order valence-electron chi connectivity index (χ3n) is 5.97. The first-order valence-electron chi connectivity index (χ1n) is 12.0. The van der Waals surface area contributed by atoms with Crippen molar-refractivity contribution < 1.29 is 28.6 Å². The van der Waals surface area contributed by atoms with Crippen LogP contribution in [-0.4, -0.2) is 68.4 Å². The number of aliphatic imine (C=N–C) groups is 1. The first-order chi connectivity index (χ1) is 18.0. The summed E-state index contributed by atoms with van der Waals surface area (Å²) in [5.41, 5.74) is 0.627. The highest BCUT2D eigenvalue weighted by molar-refractivity contribution is 6.08. The van der Waals surface area contributed by atoms with Gasteiger partial charge in [-0.1, -0.05) is 37.5 Å². The van der Waals surface area contributed by atoms with Gasteiger partial charge in [-0.2, -0.15) is 5.10 Å². The second-order valence-electron chi connectivity index (χ2n) is 8.40. The van der Waals surface area contributed by atoms with Crippen molar-refractivity contribution in [3.8, 4) is 5.75 Å². The Labute approximate surface area is 216 Å². The van der Waals surface area contributed by atoms with E-state index >= 15 is 0 Å². The van der Waals surface area contributed by atoms with Crippen molar-refractivity contribution in [2.75, 3.05) is 21.3 Å². The van der Waals surface area contributed by atoms with E-state index in [0.29, 0.717) is 11.3 Å². The molecule has 37 heavy (non-hydrogen) atoms. The quantitative estimate of drug-likeness (QED) is 0.222. The van der Waals surface area contributed by atoms with Crippen molar-refractivity contribution >= 4 is 29.9 Å². The highest BCUT2D eigenvalue weighted by Crippen LogP contribution is 2.21. The summed E-state index contributed by atoms with van der Waals surface area (Å²) >= 11 is 0. The maximum Gasteiger partial charge on any atom is 0.346 e. The average molecular weight is 506 g/mol. The summed E-state index contributed by atoms with van der Waals surface area (Å²) in [6, 6.07) is 13.6. The predicted molar refractivity (Wildman–Crippen MR) is 139 cm³/mol. The molecule has 1 saturated carbocycles. The number of amides is 1. The Kier molecular flexibility index (Phi) is 10.2. The number of rotatable bonds is 9. The minimum absolute atomic E-state index is 0.0345. The van der Waals surface area contributed by atoms with Crippen molar-refractivity contribution in [1.29, 1.82) is 0 Å². The smallest absolute Gasteiger partial charge is 0.346 e. The van der Waals surface area contributed by atoms with E-state index in [4.69, 9.17) is 14.2 Å². The first kappa shape index (κ1) is 27.4. The van der Waals surface area contributed by atoms with E-state index in [1.807, 2.05) is 0 Å². The van der Waals surface area contributed by atoms with E-state index in [2.05, 4.69) is 16.0 Å². The lowest BCUT2D eigenvalue weighted by molar-refractivity contribution is -0.147. The largest absolute Gasteiger partial charge is 0.497 e. The zero-order valence-corrected chi connectivity index (χ0v) is 21.3. The monoisotopic (exact) mass is 505 g/mol. The highest BCUT2D eigenvalue weighted by Gasteiger charge is 2.39. The molecule has 3 rings (SSSR count). The van der Waals surface area contributed by atoms with Gasteiger partial charge in [-0.05, 0) is 60.7 Å². The second kappa shape index (κ2) is 13.8. The van der Waals surface area contributed by atoms with Gasteiger partial charge < -0.3 is 14.2 Å². The number of esters is 2. The van der Waals surface area contributed by atoms with Gasteiger partial charge in [0, 0.05) is 5.56 Å². The van der Waals surface area contributed by atoms with Gasteiger partial charge >= 0.3 is 11.9 Å². The first-order valence-corrected chi connectivity index (χ1v) is 12.0. The van der Waals surface area contributed by atoms with Crippen molar-refractivity contribution in [2.45, 2.75) is 44.2 Å². The molecule has 2 aromatic carbocycles. The summed E-state index contributed by atoms with van der Waals surface area (Å²) in [4.78, 5) is 44.0. The van der Waals surface area contributed by atoms with Crippen LogP contribution < -0.4 is 4.74 Å². The van der Waals surface area contributed by atoms with Crippen LogP contribution in [0.15, 0.2) is 70.3 Å². The molecule has 1 unspecified atom stereocenters. The molecule has 1 fully saturated rings. The minimum atomic E-state index is -1.58. The Morgan fingerprint density at radius 2 is 1.62 bits per heavy atom. The van der Waals surface area contributed by atoms with Crippen molar-refractivity contribution in [3.05, 3.63) is 71.3 Å². The molecule has 0 radical (unpaired) electrons. The van der Waals surface area contributed by atoms with Crippen LogP contribution in [0, 0.1) is 0 Å². The van der Waals surface area contributed by atoms with Gasteiger partial charge in [0.25, 0.3) is 5.91 Å². The normalized spacial score (nSPS) is 14.2. The molecular weight excluding hydrogens is 474 g/mol. The number of hydrazone groups is 1. The maximum absolute atomic E-state index is 13.6. The molecule has 1 aliphatic carbocycles. The summed E-state index contributed by atoms with van der Waals surface area (Å²) in [6.45, 7) is 0. The van der Waals surface area contributed by atoms with E-state index in [1.54, 1.807) is 61.7 Å². The summed E-state index contributed by atoms with van der Waals surface area (Å²) in [7, 11) is 3.91. The number of hydrogen-bond acceptors (Lipinski definition) is 8. The van der Waals surface area contributed by atoms with Gasteiger partial charge in [0.05, 0.1) is 33.6 Å². The number of nitrogens with zero attached hydrogens (tertiary/aromatic N) is 3.